The number of carbonyl (C=O) groups excluding carboxylic acids is 2. The van der Waals surface area contributed by atoms with E-state index in [-0.39, 0.29) is 10.8 Å². The molecule has 1 N–H and O–H groups in total. The third kappa shape index (κ3) is 3.90. The molecule has 0 spiro atoms. The van der Waals surface area contributed by atoms with Crippen molar-refractivity contribution in [3.63, 3.8) is 0 Å². The highest BCUT2D eigenvalue weighted by molar-refractivity contribution is 6.32. The molecule has 1 atom stereocenters. The Kier molecular flexibility index (Phi) is 5.04. The number of hydrogen-bond acceptors (Lipinski definition) is 5. The van der Waals surface area contributed by atoms with Gasteiger partial charge in [0.25, 0.3) is 5.91 Å². The van der Waals surface area contributed by atoms with Gasteiger partial charge in [0.1, 0.15) is 6.07 Å². The fourth-order valence-corrected chi connectivity index (χ4v) is 2.00. The minimum absolute atomic E-state index is 0.0612. The average Bonchev–Trinajstić information content (AvgIpc) is 2.93. The molecule has 0 aliphatic carbocycles. The summed E-state index contributed by atoms with van der Waals surface area (Å²) in [6.07, 6.45) is 0.344. The van der Waals surface area contributed by atoms with Gasteiger partial charge in [-0.25, -0.2) is 4.79 Å². The van der Waals surface area contributed by atoms with Gasteiger partial charge in [-0.1, -0.05) is 11.6 Å². The van der Waals surface area contributed by atoms with Gasteiger partial charge in [0.05, 0.1) is 16.8 Å². The van der Waals surface area contributed by atoms with Crippen molar-refractivity contribution in [2.45, 2.75) is 20.0 Å². The molecule has 2 rings (SSSR count). The fraction of sp³-hybridized carbons (Fsp3) is 0.188. The van der Waals surface area contributed by atoms with E-state index in [1.807, 2.05) is 6.07 Å². The molecule has 2 aromatic rings. The molecule has 0 unspecified atom stereocenters. The summed E-state index contributed by atoms with van der Waals surface area (Å²) in [5.74, 6) is -1.18. The number of benzene rings is 1. The van der Waals surface area contributed by atoms with Crippen LogP contribution < -0.4 is 5.32 Å². The number of rotatable bonds is 4. The van der Waals surface area contributed by atoms with Crippen molar-refractivity contribution in [1.29, 1.82) is 5.26 Å². The maximum atomic E-state index is 12.0. The lowest BCUT2D eigenvalue weighted by molar-refractivity contribution is -0.123. The first-order chi connectivity index (χ1) is 10.9. The van der Waals surface area contributed by atoms with Crippen LogP contribution in [0.5, 0.6) is 0 Å². The summed E-state index contributed by atoms with van der Waals surface area (Å²) in [5, 5.41) is 11.6. The monoisotopic (exact) mass is 332 g/mol. The van der Waals surface area contributed by atoms with Crippen LogP contribution in [0.2, 0.25) is 5.02 Å². The van der Waals surface area contributed by atoms with Gasteiger partial charge in [0, 0.05) is 11.3 Å². The van der Waals surface area contributed by atoms with Crippen LogP contribution in [-0.4, -0.2) is 18.0 Å². The highest BCUT2D eigenvalue weighted by atomic mass is 35.5. The number of anilines is 1. The SMILES string of the molecule is Cc1ccoc1C(=O)O[C@@H](C)C(=O)Nc1ccc(C#N)c(Cl)c1. The van der Waals surface area contributed by atoms with Crippen LogP contribution >= 0.6 is 11.6 Å². The lowest BCUT2D eigenvalue weighted by atomic mass is 10.2. The van der Waals surface area contributed by atoms with E-state index in [4.69, 9.17) is 26.0 Å². The van der Waals surface area contributed by atoms with Crippen LogP contribution in [0.3, 0.4) is 0 Å². The molecule has 6 nitrogen and oxygen atoms in total. The number of esters is 1. The van der Waals surface area contributed by atoms with Gasteiger partial charge in [0.15, 0.2) is 6.10 Å². The van der Waals surface area contributed by atoms with Crippen LogP contribution in [0.1, 0.15) is 28.6 Å². The van der Waals surface area contributed by atoms with E-state index in [0.29, 0.717) is 16.8 Å². The Morgan fingerprint density at radius 2 is 2.13 bits per heavy atom. The number of furan rings is 1. The van der Waals surface area contributed by atoms with E-state index in [1.165, 1.54) is 31.4 Å². The Balaban J connectivity index is 2.00. The summed E-state index contributed by atoms with van der Waals surface area (Å²) >= 11 is 5.89. The number of nitrogens with one attached hydrogen (secondary N) is 1. The molecule has 1 amide bonds. The van der Waals surface area contributed by atoms with Crippen LogP contribution in [0.4, 0.5) is 5.69 Å². The number of nitrogens with zero attached hydrogens (tertiary/aromatic N) is 1. The molecular formula is C16H13ClN2O4. The van der Waals surface area contributed by atoms with Crippen LogP contribution in [0.15, 0.2) is 34.9 Å². The van der Waals surface area contributed by atoms with Gasteiger partial charge >= 0.3 is 5.97 Å². The Labute approximate surface area is 137 Å². The Morgan fingerprint density at radius 1 is 1.39 bits per heavy atom. The minimum atomic E-state index is -1.03. The molecule has 7 heteroatoms. The highest BCUT2D eigenvalue weighted by Crippen LogP contribution is 2.20. The van der Waals surface area contributed by atoms with Gasteiger partial charge in [-0.15, -0.1) is 0 Å². The van der Waals surface area contributed by atoms with Crippen molar-refractivity contribution in [3.8, 4) is 6.07 Å². The Hall–Kier alpha value is -2.78. The lowest BCUT2D eigenvalue weighted by Crippen LogP contribution is -2.30. The van der Waals surface area contributed by atoms with Crippen molar-refractivity contribution in [1.82, 2.24) is 0 Å². The fourth-order valence-electron chi connectivity index (χ4n) is 1.78. The summed E-state index contributed by atoms with van der Waals surface area (Å²) in [6.45, 7) is 3.14. The van der Waals surface area contributed by atoms with E-state index in [9.17, 15) is 9.59 Å². The predicted molar refractivity (Wildman–Crippen MR) is 83.1 cm³/mol. The molecule has 0 aliphatic rings. The molecule has 0 radical (unpaired) electrons. The van der Waals surface area contributed by atoms with E-state index in [2.05, 4.69) is 5.32 Å². The second kappa shape index (κ2) is 6.99. The third-order valence-corrected chi connectivity index (χ3v) is 3.37. The minimum Gasteiger partial charge on any atom is -0.457 e. The third-order valence-electron chi connectivity index (χ3n) is 3.06. The van der Waals surface area contributed by atoms with Gasteiger partial charge in [-0.3, -0.25) is 4.79 Å². The van der Waals surface area contributed by atoms with Gasteiger partial charge < -0.3 is 14.5 Å². The summed E-state index contributed by atoms with van der Waals surface area (Å²) in [5.41, 5.74) is 1.33. The Morgan fingerprint density at radius 3 is 2.70 bits per heavy atom. The van der Waals surface area contributed by atoms with E-state index < -0.39 is 18.0 Å². The molecule has 118 valence electrons. The number of hydrogen-bond donors (Lipinski definition) is 1. The number of amides is 1. The highest BCUT2D eigenvalue weighted by Gasteiger charge is 2.22. The van der Waals surface area contributed by atoms with Gasteiger partial charge in [0.2, 0.25) is 5.76 Å². The summed E-state index contributed by atoms with van der Waals surface area (Å²) in [4.78, 5) is 23.9. The summed E-state index contributed by atoms with van der Waals surface area (Å²) in [6, 6.07) is 8.02. The van der Waals surface area contributed by atoms with Crippen molar-refractivity contribution < 1.29 is 18.7 Å². The average molecular weight is 333 g/mol. The first kappa shape index (κ1) is 16.6. The number of halogens is 1. The van der Waals surface area contributed by atoms with Crippen LogP contribution in [-0.2, 0) is 9.53 Å². The van der Waals surface area contributed by atoms with Crippen molar-refractivity contribution in [3.05, 3.63) is 52.4 Å². The zero-order valence-electron chi connectivity index (χ0n) is 12.4. The molecular weight excluding hydrogens is 320 g/mol. The van der Waals surface area contributed by atoms with Crippen molar-refractivity contribution in [2.75, 3.05) is 5.32 Å². The van der Waals surface area contributed by atoms with Crippen LogP contribution in [0.25, 0.3) is 0 Å². The van der Waals surface area contributed by atoms with E-state index in [0.717, 1.165) is 0 Å². The standard InChI is InChI=1S/C16H13ClN2O4/c1-9-5-6-22-14(9)16(21)23-10(2)15(20)19-12-4-3-11(8-18)13(17)7-12/h3-7,10H,1-2H3,(H,19,20)/t10-/m0/s1. The summed E-state index contributed by atoms with van der Waals surface area (Å²) in [7, 11) is 0. The molecule has 1 heterocycles. The van der Waals surface area contributed by atoms with Gasteiger partial charge in [-0.05, 0) is 38.1 Å². The smallest absolute Gasteiger partial charge is 0.375 e. The quantitative estimate of drug-likeness (QED) is 0.867. The molecule has 1 aromatic heterocycles. The van der Waals surface area contributed by atoms with Crippen molar-refractivity contribution >= 4 is 29.2 Å². The Bertz CT molecular complexity index is 792. The maximum Gasteiger partial charge on any atom is 0.375 e. The normalized spacial score (nSPS) is 11.4. The maximum absolute atomic E-state index is 12.0. The first-order valence-electron chi connectivity index (χ1n) is 6.68. The molecule has 0 saturated carbocycles. The molecule has 0 fully saturated rings. The molecule has 0 saturated heterocycles. The summed E-state index contributed by atoms with van der Waals surface area (Å²) < 4.78 is 10.1. The largest absolute Gasteiger partial charge is 0.457 e. The van der Waals surface area contributed by atoms with E-state index >= 15 is 0 Å². The van der Waals surface area contributed by atoms with Crippen LogP contribution in [0, 0.1) is 18.3 Å². The van der Waals surface area contributed by atoms with Crippen molar-refractivity contribution in [2.24, 2.45) is 0 Å². The number of aryl methyl sites for hydroxylation is 1. The second-order valence-electron chi connectivity index (χ2n) is 4.78. The molecule has 0 bridgehead atoms. The topological polar surface area (TPSA) is 92.3 Å². The molecule has 0 aliphatic heterocycles. The lowest BCUT2D eigenvalue weighted by Gasteiger charge is -2.13. The molecule has 1 aromatic carbocycles. The van der Waals surface area contributed by atoms with E-state index in [1.54, 1.807) is 13.0 Å². The van der Waals surface area contributed by atoms with Gasteiger partial charge in [-0.2, -0.15) is 5.26 Å². The first-order valence-corrected chi connectivity index (χ1v) is 7.05. The second-order valence-corrected chi connectivity index (χ2v) is 5.18. The number of carbonyl (C=O) groups is 2. The number of ether oxygens (including phenoxy) is 1. The molecule has 23 heavy (non-hydrogen) atoms. The zero-order valence-corrected chi connectivity index (χ0v) is 13.2. The predicted octanol–water partition coefficient (Wildman–Crippen LogP) is 3.30. The number of nitriles is 1. The zero-order chi connectivity index (χ0) is 17.0.